The summed E-state index contributed by atoms with van der Waals surface area (Å²) in [6, 6.07) is 0. The van der Waals surface area contributed by atoms with Gasteiger partial charge in [-0.2, -0.15) is 0 Å². The van der Waals surface area contributed by atoms with Crippen LogP contribution in [0.5, 0.6) is 0 Å². The standard InChI is InChI=1S/C59H112O6/c1-4-7-10-13-16-19-21-23-24-25-26-27-28-29-30-31-32-33-34-35-36-37-39-40-43-46-49-52-58(61)64-55-56(54-63-57(60)51-48-45-42-18-15-12-9-6-3)65-59(62)53-50-47-44-41-38-22-20-17-14-11-8-5-2/h25-26,56H,4-24,27-55H2,1-3H3/b26-25-. The summed E-state index contributed by atoms with van der Waals surface area (Å²) in [5.74, 6) is -0.849. The molecule has 6 heteroatoms. The number of rotatable bonds is 54. The molecule has 0 amide bonds. The minimum Gasteiger partial charge on any atom is -0.462 e. The smallest absolute Gasteiger partial charge is 0.306 e. The summed E-state index contributed by atoms with van der Waals surface area (Å²) in [4.78, 5) is 37.9. The van der Waals surface area contributed by atoms with Crippen molar-refractivity contribution >= 4 is 17.9 Å². The molecule has 384 valence electrons. The topological polar surface area (TPSA) is 78.9 Å². The normalized spacial score (nSPS) is 12.0. The lowest BCUT2D eigenvalue weighted by Gasteiger charge is -2.18. The summed E-state index contributed by atoms with van der Waals surface area (Å²) < 4.78 is 16.8. The molecule has 0 aromatic carbocycles. The number of carbonyl (C=O) groups is 3. The molecule has 0 aromatic heterocycles. The van der Waals surface area contributed by atoms with Crippen molar-refractivity contribution in [1.29, 1.82) is 0 Å². The van der Waals surface area contributed by atoms with E-state index in [1.807, 2.05) is 0 Å². The molecule has 0 aliphatic rings. The summed E-state index contributed by atoms with van der Waals surface area (Å²) in [6.45, 7) is 6.65. The van der Waals surface area contributed by atoms with Crippen LogP contribution in [0.4, 0.5) is 0 Å². The molecule has 6 nitrogen and oxygen atoms in total. The summed E-state index contributed by atoms with van der Waals surface area (Å²) in [7, 11) is 0. The lowest BCUT2D eigenvalue weighted by molar-refractivity contribution is -0.167. The highest BCUT2D eigenvalue weighted by atomic mass is 16.6. The van der Waals surface area contributed by atoms with E-state index < -0.39 is 6.10 Å². The number of hydrogen-bond donors (Lipinski definition) is 0. The number of esters is 3. The first kappa shape index (κ1) is 63.1. The Bertz CT molecular complexity index is 1010. The second kappa shape index (κ2) is 54.8. The molecule has 0 aliphatic carbocycles. The van der Waals surface area contributed by atoms with E-state index >= 15 is 0 Å². The van der Waals surface area contributed by atoms with Gasteiger partial charge in [0.2, 0.25) is 0 Å². The minimum atomic E-state index is -0.761. The van der Waals surface area contributed by atoms with E-state index in [4.69, 9.17) is 14.2 Å². The molecular formula is C59H112O6. The molecular weight excluding hydrogens is 805 g/mol. The fourth-order valence-corrected chi connectivity index (χ4v) is 8.85. The summed E-state index contributed by atoms with van der Waals surface area (Å²) in [5, 5.41) is 0. The number of hydrogen-bond acceptors (Lipinski definition) is 6. The van der Waals surface area contributed by atoms with Gasteiger partial charge in [0, 0.05) is 19.3 Å². The van der Waals surface area contributed by atoms with Gasteiger partial charge in [-0.1, -0.05) is 277 Å². The molecule has 0 aromatic rings. The molecule has 1 atom stereocenters. The highest BCUT2D eigenvalue weighted by molar-refractivity contribution is 5.71. The Kier molecular flexibility index (Phi) is 53.2. The van der Waals surface area contributed by atoms with Crippen molar-refractivity contribution in [3.05, 3.63) is 12.2 Å². The van der Waals surface area contributed by atoms with Crippen molar-refractivity contribution in [2.24, 2.45) is 0 Å². The molecule has 0 saturated carbocycles. The van der Waals surface area contributed by atoms with Crippen molar-refractivity contribution in [2.45, 2.75) is 335 Å². The molecule has 0 bridgehead atoms. The summed E-state index contributed by atoms with van der Waals surface area (Å²) in [5.41, 5.74) is 0. The summed E-state index contributed by atoms with van der Waals surface area (Å²) in [6.07, 6.45) is 62.3. The van der Waals surface area contributed by atoms with Crippen LogP contribution in [0, 0.1) is 0 Å². The second-order valence-electron chi connectivity index (χ2n) is 19.9. The van der Waals surface area contributed by atoms with Crippen molar-refractivity contribution in [2.75, 3.05) is 13.2 Å². The van der Waals surface area contributed by atoms with Gasteiger partial charge in [-0.15, -0.1) is 0 Å². The van der Waals surface area contributed by atoms with E-state index in [9.17, 15) is 14.4 Å². The first-order valence-electron chi connectivity index (χ1n) is 29.2. The highest BCUT2D eigenvalue weighted by Gasteiger charge is 2.19. The van der Waals surface area contributed by atoms with E-state index in [1.54, 1.807) is 0 Å². The van der Waals surface area contributed by atoms with Crippen LogP contribution in [0.3, 0.4) is 0 Å². The number of allylic oxidation sites excluding steroid dienone is 2. The average Bonchev–Trinajstić information content (AvgIpc) is 3.30. The van der Waals surface area contributed by atoms with Crippen LogP contribution in [0.2, 0.25) is 0 Å². The molecule has 0 saturated heterocycles. The third kappa shape index (κ3) is 53.0. The van der Waals surface area contributed by atoms with Gasteiger partial charge in [0.1, 0.15) is 13.2 Å². The first-order valence-corrected chi connectivity index (χ1v) is 29.2. The fraction of sp³-hybridized carbons (Fsp3) is 0.915. The molecule has 0 rings (SSSR count). The van der Waals surface area contributed by atoms with Crippen LogP contribution < -0.4 is 0 Å². The Morgan fingerprint density at radius 1 is 0.292 bits per heavy atom. The fourth-order valence-electron chi connectivity index (χ4n) is 8.85. The summed E-state index contributed by atoms with van der Waals surface area (Å²) >= 11 is 0. The van der Waals surface area contributed by atoms with Gasteiger partial charge in [-0.05, 0) is 44.9 Å². The minimum absolute atomic E-state index is 0.0641. The third-order valence-electron chi connectivity index (χ3n) is 13.3. The maximum Gasteiger partial charge on any atom is 0.306 e. The molecule has 0 radical (unpaired) electrons. The van der Waals surface area contributed by atoms with Gasteiger partial charge in [0.15, 0.2) is 6.10 Å². The van der Waals surface area contributed by atoms with Crippen LogP contribution in [0.25, 0.3) is 0 Å². The van der Waals surface area contributed by atoms with Crippen LogP contribution in [0.15, 0.2) is 12.2 Å². The highest BCUT2D eigenvalue weighted by Crippen LogP contribution is 2.17. The largest absolute Gasteiger partial charge is 0.462 e. The Balaban J connectivity index is 4.03. The Morgan fingerprint density at radius 3 is 0.769 bits per heavy atom. The maximum atomic E-state index is 12.8. The quantitative estimate of drug-likeness (QED) is 0.0262. The lowest BCUT2D eigenvalue weighted by Crippen LogP contribution is -2.30. The lowest BCUT2D eigenvalue weighted by atomic mass is 10.0. The van der Waals surface area contributed by atoms with E-state index in [-0.39, 0.29) is 31.1 Å². The molecule has 0 N–H and O–H groups in total. The molecule has 1 unspecified atom stereocenters. The Morgan fingerprint density at radius 2 is 0.508 bits per heavy atom. The van der Waals surface area contributed by atoms with Crippen molar-refractivity contribution < 1.29 is 28.6 Å². The number of carbonyl (C=O) groups excluding carboxylic acids is 3. The van der Waals surface area contributed by atoms with Gasteiger partial charge in [0.25, 0.3) is 0 Å². The average molecular weight is 918 g/mol. The van der Waals surface area contributed by atoms with Gasteiger partial charge in [0.05, 0.1) is 0 Å². The van der Waals surface area contributed by atoms with Crippen molar-refractivity contribution in [3.8, 4) is 0 Å². The first-order chi connectivity index (χ1) is 32.0. The number of ether oxygens (including phenoxy) is 3. The van der Waals surface area contributed by atoms with Crippen LogP contribution in [-0.2, 0) is 28.6 Å². The van der Waals surface area contributed by atoms with Gasteiger partial charge in [-0.25, -0.2) is 0 Å². The molecule has 0 spiro atoms. The van der Waals surface area contributed by atoms with Crippen LogP contribution >= 0.6 is 0 Å². The molecule has 0 heterocycles. The Hall–Kier alpha value is -1.85. The van der Waals surface area contributed by atoms with Crippen LogP contribution in [0.1, 0.15) is 329 Å². The second-order valence-corrected chi connectivity index (χ2v) is 19.9. The van der Waals surface area contributed by atoms with Gasteiger partial charge >= 0.3 is 17.9 Å². The maximum absolute atomic E-state index is 12.8. The number of unbranched alkanes of at least 4 members (excludes halogenated alkanes) is 41. The van der Waals surface area contributed by atoms with Gasteiger partial charge in [-0.3, -0.25) is 14.4 Å². The third-order valence-corrected chi connectivity index (χ3v) is 13.3. The molecule has 0 fully saturated rings. The molecule has 0 aliphatic heterocycles. The Labute approximate surface area is 405 Å². The van der Waals surface area contributed by atoms with E-state index in [1.165, 1.54) is 231 Å². The SMILES string of the molecule is CCCCCCCCCC/C=C\CCCCCCCCCCCCCCCCCC(=O)OCC(COC(=O)CCCCCCCCCC)OC(=O)CCCCCCCCCCCCCC. The van der Waals surface area contributed by atoms with E-state index in [0.717, 1.165) is 57.8 Å². The molecule has 65 heavy (non-hydrogen) atoms. The van der Waals surface area contributed by atoms with Crippen molar-refractivity contribution in [3.63, 3.8) is 0 Å². The predicted molar refractivity (Wildman–Crippen MR) is 280 cm³/mol. The zero-order chi connectivity index (χ0) is 47.2. The van der Waals surface area contributed by atoms with Crippen LogP contribution in [-0.4, -0.2) is 37.2 Å². The van der Waals surface area contributed by atoms with E-state index in [0.29, 0.717) is 19.3 Å². The van der Waals surface area contributed by atoms with Gasteiger partial charge < -0.3 is 14.2 Å². The van der Waals surface area contributed by atoms with E-state index in [2.05, 4.69) is 32.9 Å². The van der Waals surface area contributed by atoms with Crippen molar-refractivity contribution in [1.82, 2.24) is 0 Å². The zero-order valence-corrected chi connectivity index (χ0v) is 44.0. The predicted octanol–water partition coefficient (Wildman–Crippen LogP) is 19.3. The zero-order valence-electron chi connectivity index (χ0n) is 44.0. The monoisotopic (exact) mass is 917 g/mol.